The van der Waals surface area contributed by atoms with Gasteiger partial charge in [-0.3, -0.25) is 0 Å². The second-order valence-corrected chi connectivity index (χ2v) is 5.77. The maximum atomic E-state index is 11.6. The Morgan fingerprint density at radius 1 is 1.23 bits per heavy atom. The van der Waals surface area contributed by atoms with E-state index in [1.54, 1.807) is 0 Å². The van der Waals surface area contributed by atoms with Crippen LogP contribution >= 0.6 is 0 Å². The largest absolute Gasteiger partial charge is 0.449 e. The molecule has 22 heavy (non-hydrogen) atoms. The summed E-state index contributed by atoms with van der Waals surface area (Å²) in [6.45, 7) is 3.48. The Morgan fingerprint density at radius 2 is 1.91 bits per heavy atom. The van der Waals surface area contributed by atoms with Gasteiger partial charge in [-0.1, -0.05) is 56.5 Å². The number of benzene rings is 1. The van der Waals surface area contributed by atoms with E-state index in [0.29, 0.717) is 18.4 Å². The van der Waals surface area contributed by atoms with E-state index in [4.69, 9.17) is 9.84 Å². The molecule has 0 saturated heterocycles. The van der Waals surface area contributed by atoms with E-state index in [0.717, 1.165) is 20.1 Å². The first-order valence-corrected chi connectivity index (χ1v) is 8.15. The molecule has 2 unspecified atom stereocenters. The first kappa shape index (κ1) is 18.5. The summed E-state index contributed by atoms with van der Waals surface area (Å²) in [5.74, 6) is 1.33. The second-order valence-electron chi connectivity index (χ2n) is 5.77. The van der Waals surface area contributed by atoms with Gasteiger partial charge < -0.3 is 15.2 Å². The van der Waals surface area contributed by atoms with Gasteiger partial charge in [-0.25, -0.2) is 4.79 Å². The molecule has 2 atom stereocenters. The van der Waals surface area contributed by atoms with Gasteiger partial charge in [0.15, 0.2) is 0 Å². The summed E-state index contributed by atoms with van der Waals surface area (Å²) in [4.78, 5) is 11.6. The van der Waals surface area contributed by atoms with E-state index in [1.165, 1.54) is 31.2 Å². The van der Waals surface area contributed by atoms with E-state index in [9.17, 15) is 4.79 Å². The fourth-order valence-corrected chi connectivity index (χ4v) is 2.87. The van der Waals surface area contributed by atoms with E-state index in [1.807, 2.05) is 30.3 Å². The number of hydrogen-bond acceptors (Lipinski definition) is 3. The fourth-order valence-electron chi connectivity index (χ4n) is 2.87. The van der Waals surface area contributed by atoms with Crippen molar-refractivity contribution in [3.8, 4) is 0 Å². The third kappa shape index (κ3) is 6.94. The molecule has 0 heterocycles. The molecule has 1 aliphatic carbocycles. The normalized spacial score (nSPS) is 20.5. The van der Waals surface area contributed by atoms with Crippen molar-refractivity contribution >= 4 is 6.09 Å². The van der Waals surface area contributed by atoms with Gasteiger partial charge in [-0.15, -0.1) is 0 Å². The molecule has 1 fully saturated rings. The number of amides is 1. The van der Waals surface area contributed by atoms with Crippen LogP contribution in [0.3, 0.4) is 0 Å². The van der Waals surface area contributed by atoms with Gasteiger partial charge in [-0.2, -0.15) is 0 Å². The van der Waals surface area contributed by atoms with E-state index < -0.39 is 0 Å². The third-order valence-electron chi connectivity index (χ3n) is 4.26. The summed E-state index contributed by atoms with van der Waals surface area (Å²) in [6.07, 6.45) is 5.63. The lowest BCUT2D eigenvalue weighted by Gasteiger charge is -2.28. The number of hydrogen-bond donors (Lipinski definition) is 2. The Bertz CT molecular complexity index is 408. The lowest BCUT2D eigenvalue weighted by Crippen LogP contribution is -2.34. The summed E-state index contributed by atoms with van der Waals surface area (Å²) >= 11 is 0. The van der Waals surface area contributed by atoms with Crippen molar-refractivity contribution in [1.29, 1.82) is 0 Å². The molecule has 0 bridgehead atoms. The quantitative estimate of drug-likeness (QED) is 0.876. The molecule has 2 N–H and O–H groups in total. The molecule has 0 radical (unpaired) electrons. The maximum absolute atomic E-state index is 11.6. The fraction of sp³-hybridized carbons (Fsp3) is 0.611. The van der Waals surface area contributed by atoms with Crippen molar-refractivity contribution in [2.45, 2.75) is 39.0 Å². The molecular weight excluding hydrogens is 278 g/mol. The number of carbonyl (C=O) groups excluding carboxylic acids is 1. The number of rotatable bonds is 5. The standard InChI is InChI=1S/C17H25NO2.CH4O/c1-14-7-5-6-10-16(14)13-18-17(19)20-12-11-15-8-3-2-4-9-15;1-2/h2-4,8-9,14,16H,5-7,10-13H2,1H3,(H,18,19);2H,1H3. The van der Waals surface area contributed by atoms with Crippen LogP contribution in [0.2, 0.25) is 0 Å². The molecule has 4 nitrogen and oxygen atoms in total. The number of nitrogens with one attached hydrogen (secondary N) is 1. The highest BCUT2D eigenvalue weighted by Gasteiger charge is 2.21. The molecule has 1 aromatic rings. The van der Waals surface area contributed by atoms with Crippen LogP contribution in [0.5, 0.6) is 0 Å². The Balaban J connectivity index is 0.00000116. The average molecular weight is 307 g/mol. The summed E-state index contributed by atoms with van der Waals surface area (Å²) in [6, 6.07) is 10.1. The average Bonchev–Trinajstić information content (AvgIpc) is 2.57. The van der Waals surface area contributed by atoms with Crippen molar-refractivity contribution in [3.63, 3.8) is 0 Å². The lowest BCUT2D eigenvalue weighted by atomic mass is 9.80. The molecule has 4 heteroatoms. The van der Waals surface area contributed by atoms with Gasteiger partial charge in [0.1, 0.15) is 0 Å². The van der Waals surface area contributed by atoms with Crippen molar-refractivity contribution in [2.24, 2.45) is 11.8 Å². The van der Waals surface area contributed by atoms with Crippen molar-refractivity contribution in [3.05, 3.63) is 35.9 Å². The smallest absolute Gasteiger partial charge is 0.407 e. The van der Waals surface area contributed by atoms with Gasteiger partial charge in [-0.05, 0) is 23.8 Å². The summed E-state index contributed by atoms with van der Waals surface area (Å²) in [5, 5.41) is 9.91. The number of carbonyl (C=O) groups is 1. The summed E-state index contributed by atoms with van der Waals surface area (Å²) in [5.41, 5.74) is 1.20. The van der Waals surface area contributed by atoms with Gasteiger partial charge in [0.25, 0.3) is 0 Å². The molecule has 1 aromatic carbocycles. The highest BCUT2D eigenvalue weighted by atomic mass is 16.5. The minimum absolute atomic E-state index is 0.279. The van der Waals surface area contributed by atoms with Crippen LogP contribution in [0.15, 0.2) is 30.3 Å². The molecule has 2 rings (SSSR count). The predicted octanol–water partition coefficient (Wildman–Crippen LogP) is 3.39. The van der Waals surface area contributed by atoms with Gasteiger partial charge >= 0.3 is 6.09 Å². The van der Waals surface area contributed by atoms with Crippen molar-refractivity contribution < 1.29 is 14.6 Å². The van der Waals surface area contributed by atoms with Crippen LogP contribution in [-0.4, -0.2) is 31.5 Å². The van der Waals surface area contributed by atoms with Crippen LogP contribution in [0.1, 0.15) is 38.2 Å². The van der Waals surface area contributed by atoms with Crippen LogP contribution in [0.4, 0.5) is 4.79 Å². The summed E-state index contributed by atoms with van der Waals surface area (Å²) in [7, 11) is 1.00. The second kappa shape index (κ2) is 11.1. The number of alkyl carbamates (subject to hydrolysis) is 1. The first-order chi connectivity index (χ1) is 10.8. The number of aliphatic hydroxyl groups excluding tert-OH is 1. The van der Waals surface area contributed by atoms with Crippen LogP contribution in [-0.2, 0) is 11.2 Å². The minimum atomic E-state index is -0.279. The first-order valence-electron chi connectivity index (χ1n) is 8.15. The minimum Gasteiger partial charge on any atom is -0.449 e. The van der Waals surface area contributed by atoms with E-state index in [2.05, 4.69) is 12.2 Å². The van der Waals surface area contributed by atoms with Crippen molar-refractivity contribution in [2.75, 3.05) is 20.3 Å². The monoisotopic (exact) mass is 307 g/mol. The van der Waals surface area contributed by atoms with Gasteiger partial charge in [0.05, 0.1) is 6.61 Å². The van der Waals surface area contributed by atoms with Gasteiger partial charge in [0.2, 0.25) is 0 Å². The molecule has 1 aliphatic rings. The molecule has 124 valence electrons. The van der Waals surface area contributed by atoms with Crippen LogP contribution in [0, 0.1) is 11.8 Å². The molecule has 1 amide bonds. The van der Waals surface area contributed by atoms with E-state index >= 15 is 0 Å². The molecule has 0 aromatic heterocycles. The zero-order chi connectivity index (χ0) is 16.2. The van der Waals surface area contributed by atoms with Crippen LogP contribution in [0.25, 0.3) is 0 Å². The Labute approximate surface area is 133 Å². The molecule has 0 aliphatic heterocycles. The highest BCUT2D eigenvalue weighted by molar-refractivity contribution is 5.67. The zero-order valence-corrected chi connectivity index (χ0v) is 13.8. The Kier molecular flexibility index (Phi) is 9.31. The topological polar surface area (TPSA) is 58.6 Å². The molecular formula is C18H29NO3. The SMILES string of the molecule is CC1CCCCC1CNC(=O)OCCc1ccccc1.CO. The Hall–Kier alpha value is -1.55. The number of ether oxygens (including phenoxy) is 1. The third-order valence-corrected chi connectivity index (χ3v) is 4.26. The van der Waals surface area contributed by atoms with E-state index in [-0.39, 0.29) is 6.09 Å². The maximum Gasteiger partial charge on any atom is 0.407 e. The predicted molar refractivity (Wildman–Crippen MR) is 88.8 cm³/mol. The van der Waals surface area contributed by atoms with Crippen molar-refractivity contribution in [1.82, 2.24) is 5.32 Å². The highest BCUT2D eigenvalue weighted by Crippen LogP contribution is 2.28. The molecule has 1 saturated carbocycles. The Morgan fingerprint density at radius 3 is 2.59 bits per heavy atom. The number of aliphatic hydroxyl groups is 1. The van der Waals surface area contributed by atoms with Gasteiger partial charge in [0, 0.05) is 20.1 Å². The zero-order valence-electron chi connectivity index (χ0n) is 13.8. The van der Waals surface area contributed by atoms with Crippen LogP contribution < -0.4 is 5.32 Å². The molecule has 0 spiro atoms. The lowest BCUT2D eigenvalue weighted by molar-refractivity contribution is 0.141. The summed E-state index contributed by atoms with van der Waals surface area (Å²) < 4.78 is 5.22.